The number of benzene rings is 2. The quantitative estimate of drug-likeness (QED) is 0.550. The van der Waals surface area contributed by atoms with Crippen LogP contribution in [0.2, 0.25) is 0 Å². The summed E-state index contributed by atoms with van der Waals surface area (Å²) in [7, 11) is -0.503. The highest BCUT2D eigenvalue weighted by molar-refractivity contribution is 7.89. The molecule has 0 atom stereocenters. The minimum atomic E-state index is -3.54. The Hall–Kier alpha value is -3.35. The minimum Gasteiger partial charge on any atom is -0.493 e. The monoisotopic (exact) mass is 457 g/mol. The molecule has 2 aromatic rings. The molecular weight excluding hydrogens is 430 g/mol. The highest BCUT2D eigenvalue weighted by Crippen LogP contribution is 2.28. The van der Waals surface area contributed by atoms with Crippen LogP contribution >= 0.6 is 0 Å². The van der Waals surface area contributed by atoms with E-state index in [1.807, 2.05) is 19.9 Å². The van der Waals surface area contributed by atoms with Gasteiger partial charge in [-0.3, -0.25) is 4.79 Å². The normalized spacial score (nSPS) is 11.5. The molecule has 0 fully saturated rings. The number of carbonyl (C=O) groups is 1. The van der Waals surface area contributed by atoms with E-state index in [9.17, 15) is 13.2 Å². The molecule has 0 bridgehead atoms. The SMILES string of the molecule is COc1cc(/C=C/C(=O)NCc2ccc(S(=O)(=O)N(C)C(C)C)cc2)ccc1OCC#N. The highest BCUT2D eigenvalue weighted by atomic mass is 32.2. The number of nitriles is 1. The Kier molecular flexibility index (Phi) is 8.81. The minimum absolute atomic E-state index is 0.0880. The molecule has 0 spiro atoms. The van der Waals surface area contributed by atoms with Crippen LogP contribution in [-0.2, 0) is 21.4 Å². The zero-order valence-corrected chi connectivity index (χ0v) is 19.3. The van der Waals surface area contributed by atoms with E-state index in [4.69, 9.17) is 14.7 Å². The molecule has 0 radical (unpaired) electrons. The molecule has 0 aliphatic carbocycles. The largest absolute Gasteiger partial charge is 0.493 e. The van der Waals surface area contributed by atoms with Crippen LogP contribution in [0.1, 0.15) is 25.0 Å². The van der Waals surface area contributed by atoms with Gasteiger partial charge < -0.3 is 14.8 Å². The van der Waals surface area contributed by atoms with Gasteiger partial charge in [0, 0.05) is 25.7 Å². The Bertz CT molecular complexity index is 1100. The van der Waals surface area contributed by atoms with E-state index in [1.165, 1.54) is 29.6 Å². The lowest BCUT2D eigenvalue weighted by molar-refractivity contribution is -0.116. The van der Waals surface area contributed by atoms with Crippen LogP contribution in [0, 0.1) is 11.3 Å². The summed E-state index contributed by atoms with van der Waals surface area (Å²) in [6.45, 7) is 3.78. The Balaban J connectivity index is 1.97. The third-order valence-corrected chi connectivity index (χ3v) is 6.75. The molecule has 32 heavy (non-hydrogen) atoms. The number of ether oxygens (including phenoxy) is 2. The zero-order chi connectivity index (χ0) is 23.7. The van der Waals surface area contributed by atoms with Crippen molar-refractivity contribution in [2.24, 2.45) is 0 Å². The molecule has 0 saturated heterocycles. The van der Waals surface area contributed by atoms with Gasteiger partial charge in [-0.2, -0.15) is 9.57 Å². The molecule has 2 aromatic carbocycles. The van der Waals surface area contributed by atoms with Crippen LogP contribution in [0.5, 0.6) is 11.5 Å². The molecule has 9 heteroatoms. The summed E-state index contributed by atoms with van der Waals surface area (Å²) >= 11 is 0. The van der Waals surface area contributed by atoms with Crippen molar-refractivity contribution in [2.75, 3.05) is 20.8 Å². The first-order chi connectivity index (χ1) is 15.2. The Labute approximate surface area is 189 Å². The molecule has 2 rings (SSSR count). The van der Waals surface area contributed by atoms with Crippen LogP contribution in [0.3, 0.4) is 0 Å². The van der Waals surface area contributed by atoms with E-state index in [1.54, 1.807) is 43.5 Å². The van der Waals surface area contributed by atoms with Gasteiger partial charge >= 0.3 is 0 Å². The van der Waals surface area contributed by atoms with Crippen molar-refractivity contribution in [3.63, 3.8) is 0 Å². The van der Waals surface area contributed by atoms with E-state index in [0.29, 0.717) is 11.5 Å². The average molecular weight is 458 g/mol. The summed E-state index contributed by atoms with van der Waals surface area (Å²) in [4.78, 5) is 12.4. The maximum Gasteiger partial charge on any atom is 0.244 e. The third kappa shape index (κ3) is 6.57. The van der Waals surface area contributed by atoms with Gasteiger partial charge in [-0.25, -0.2) is 8.42 Å². The molecule has 1 N–H and O–H groups in total. The molecular formula is C23H27N3O5S. The number of amides is 1. The van der Waals surface area contributed by atoms with Gasteiger partial charge in [0.2, 0.25) is 15.9 Å². The fourth-order valence-corrected chi connectivity index (χ4v) is 4.03. The van der Waals surface area contributed by atoms with Gasteiger partial charge in [-0.1, -0.05) is 18.2 Å². The lowest BCUT2D eigenvalue weighted by atomic mass is 10.2. The molecule has 8 nitrogen and oxygen atoms in total. The summed E-state index contributed by atoms with van der Waals surface area (Å²) in [5.41, 5.74) is 1.50. The van der Waals surface area contributed by atoms with Crippen molar-refractivity contribution in [3.05, 3.63) is 59.7 Å². The topological polar surface area (TPSA) is 109 Å². The van der Waals surface area contributed by atoms with E-state index < -0.39 is 10.0 Å². The first-order valence-electron chi connectivity index (χ1n) is 9.89. The average Bonchev–Trinajstić information content (AvgIpc) is 2.79. The molecule has 0 heterocycles. The first-order valence-corrected chi connectivity index (χ1v) is 11.3. The van der Waals surface area contributed by atoms with Crippen molar-refractivity contribution < 1.29 is 22.7 Å². The van der Waals surface area contributed by atoms with Crippen LogP contribution in [0.25, 0.3) is 6.08 Å². The number of hydrogen-bond donors (Lipinski definition) is 1. The predicted molar refractivity (Wildman–Crippen MR) is 122 cm³/mol. The van der Waals surface area contributed by atoms with Gasteiger partial charge in [0.15, 0.2) is 18.1 Å². The number of nitrogens with zero attached hydrogens (tertiary/aromatic N) is 2. The number of sulfonamides is 1. The molecule has 0 aliphatic rings. The van der Waals surface area contributed by atoms with E-state index >= 15 is 0 Å². The fraction of sp³-hybridized carbons (Fsp3) is 0.304. The summed E-state index contributed by atoms with van der Waals surface area (Å²) in [6.07, 6.45) is 3.02. The van der Waals surface area contributed by atoms with Crippen molar-refractivity contribution in [2.45, 2.75) is 31.3 Å². The number of hydrogen-bond acceptors (Lipinski definition) is 6. The van der Waals surface area contributed by atoms with Crippen molar-refractivity contribution >= 4 is 22.0 Å². The Morgan fingerprint density at radius 1 is 1.19 bits per heavy atom. The number of methoxy groups -OCH3 is 1. The van der Waals surface area contributed by atoms with Crippen LogP contribution in [0.15, 0.2) is 53.4 Å². The first kappa shape index (κ1) is 24.9. The number of rotatable bonds is 10. The van der Waals surface area contributed by atoms with Gasteiger partial charge in [0.1, 0.15) is 6.07 Å². The van der Waals surface area contributed by atoms with Gasteiger partial charge in [-0.05, 0) is 55.3 Å². The van der Waals surface area contributed by atoms with Gasteiger partial charge in [0.05, 0.1) is 12.0 Å². The van der Waals surface area contributed by atoms with Gasteiger partial charge in [-0.15, -0.1) is 0 Å². The lowest BCUT2D eigenvalue weighted by Crippen LogP contribution is -2.33. The Morgan fingerprint density at radius 2 is 1.88 bits per heavy atom. The molecule has 0 saturated carbocycles. The Morgan fingerprint density at radius 3 is 2.47 bits per heavy atom. The highest BCUT2D eigenvalue weighted by Gasteiger charge is 2.22. The van der Waals surface area contributed by atoms with E-state index in [-0.39, 0.29) is 30.0 Å². The third-order valence-electron chi connectivity index (χ3n) is 4.70. The number of carbonyl (C=O) groups excluding carboxylic acids is 1. The van der Waals surface area contributed by atoms with Crippen LogP contribution in [0.4, 0.5) is 0 Å². The summed E-state index contributed by atoms with van der Waals surface area (Å²) in [5.74, 6) is 0.603. The second-order valence-electron chi connectivity index (χ2n) is 7.17. The van der Waals surface area contributed by atoms with E-state index in [2.05, 4.69) is 5.32 Å². The maximum atomic E-state index is 12.5. The molecule has 0 aliphatic heterocycles. The standard InChI is InChI=1S/C23H27N3O5S/c1-17(2)26(3)32(28,29)20-9-5-19(6-10-20)16-25-23(27)12-8-18-7-11-21(31-14-13-24)22(15-18)30-4/h5-12,15,17H,14,16H2,1-4H3,(H,25,27)/b12-8+. The predicted octanol–water partition coefficient (Wildman–Crippen LogP) is 2.96. The van der Waals surface area contributed by atoms with Gasteiger partial charge in [0.25, 0.3) is 0 Å². The van der Waals surface area contributed by atoms with Crippen molar-refractivity contribution in [3.8, 4) is 17.6 Å². The summed E-state index contributed by atoms with van der Waals surface area (Å²) in [5, 5.41) is 11.4. The lowest BCUT2D eigenvalue weighted by Gasteiger charge is -2.21. The number of nitrogens with one attached hydrogen (secondary N) is 1. The van der Waals surface area contributed by atoms with Crippen LogP contribution in [-0.4, -0.2) is 45.4 Å². The summed E-state index contributed by atoms with van der Waals surface area (Å²) < 4.78 is 36.8. The molecule has 170 valence electrons. The molecule has 0 aromatic heterocycles. The van der Waals surface area contributed by atoms with Crippen LogP contribution < -0.4 is 14.8 Å². The van der Waals surface area contributed by atoms with Crippen molar-refractivity contribution in [1.29, 1.82) is 5.26 Å². The van der Waals surface area contributed by atoms with E-state index in [0.717, 1.165) is 11.1 Å². The fourth-order valence-electron chi connectivity index (χ4n) is 2.66. The second-order valence-corrected chi connectivity index (χ2v) is 9.16. The van der Waals surface area contributed by atoms with Crippen molar-refractivity contribution in [1.82, 2.24) is 9.62 Å². The second kappa shape index (κ2) is 11.3. The summed E-state index contributed by atoms with van der Waals surface area (Å²) in [6, 6.07) is 13.3. The molecule has 1 amide bonds. The zero-order valence-electron chi connectivity index (χ0n) is 18.5. The maximum absolute atomic E-state index is 12.5. The molecule has 0 unspecified atom stereocenters. The smallest absolute Gasteiger partial charge is 0.244 e.